The standard InChI is InChI=1S/C14H20FN3O2/c1-18-7-2-3-11(18)6-8-20-13-5-4-10(15)9-12(13)14(16)17-19/h4-5,9,11,19H,2-3,6-8H2,1H3,(H2,16,17). The van der Waals surface area contributed by atoms with Crippen LogP contribution in [0.3, 0.4) is 0 Å². The van der Waals surface area contributed by atoms with Crippen LogP contribution in [0, 0.1) is 5.82 Å². The summed E-state index contributed by atoms with van der Waals surface area (Å²) in [5.41, 5.74) is 5.80. The second-order valence-electron chi connectivity index (χ2n) is 5.04. The lowest BCUT2D eigenvalue weighted by Crippen LogP contribution is -2.26. The van der Waals surface area contributed by atoms with Gasteiger partial charge in [-0.15, -0.1) is 0 Å². The largest absolute Gasteiger partial charge is 0.493 e. The number of oxime groups is 1. The van der Waals surface area contributed by atoms with Crippen molar-refractivity contribution in [3.63, 3.8) is 0 Å². The number of nitrogens with zero attached hydrogens (tertiary/aromatic N) is 2. The van der Waals surface area contributed by atoms with Crippen molar-refractivity contribution in [1.29, 1.82) is 0 Å². The number of nitrogens with two attached hydrogens (primary N) is 1. The van der Waals surface area contributed by atoms with Gasteiger partial charge in [-0.3, -0.25) is 0 Å². The Labute approximate surface area is 117 Å². The number of halogens is 1. The second kappa shape index (κ2) is 6.56. The minimum Gasteiger partial charge on any atom is -0.493 e. The zero-order valence-electron chi connectivity index (χ0n) is 11.6. The fourth-order valence-corrected chi connectivity index (χ4v) is 2.53. The van der Waals surface area contributed by atoms with Crippen LogP contribution in [0.1, 0.15) is 24.8 Å². The Hall–Kier alpha value is -1.82. The SMILES string of the molecule is CN1CCCC1CCOc1ccc(F)cc1C(N)=NO. The smallest absolute Gasteiger partial charge is 0.173 e. The van der Waals surface area contributed by atoms with E-state index in [1.807, 2.05) is 0 Å². The Morgan fingerprint density at radius 3 is 3.05 bits per heavy atom. The zero-order valence-corrected chi connectivity index (χ0v) is 11.6. The molecule has 1 aromatic carbocycles. The van der Waals surface area contributed by atoms with E-state index >= 15 is 0 Å². The predicted octanol–water partition coefficient (Wildman–Crippen LogP) is 1.78. The number of amidine groups is 1. The fraction of sp³-hybridized carbons (Fsp3) is 0.500. The van der Waals surface area contributed by atoms with Crippen LogP contribution in [-0.4, -0.2) is 42.2 Å². The molecular weight excluding hydrogens is 261 g/mol. The summed E-state index contributed by atoms with van der Waals surface area (Å²) in [6.07, 6.45) is 3.30. The van der Waals surface area contributed by atoms with Crippen molar-refractivity contribution in [3.8, 4) is 5.75 Å². The van der Waals surface area contributed by atoms with E-state index in [4.69, 9.17) is 15.7 Å². The van der Waals surface area contributed by atoms with Crippen LogP contribution in [0.15, 0.2) is 23.4 Å². The van der Waals surface area contributed by atoms with Crippen LogP contribution < -0.4 is 10.5 Å². The highest BCUT2D eigenvalue weighted by molar-refractivity contribution is 5.99. The number of hydrogen-bond acceptors (Lipinski definition) is 4. The number of likely N-dealkylation sites (tertiary alicyclic amines) is 1. The number of hydrogen-bond donors (Lipinski definition) is 2. The number of benzene rings is 1. The van der Waals surface area contributed by atoms with E-state index in [2.05, 4.69) is 17.1 Å². The predicted molar refractivity (Wildman–Crippen MR) is 74.7 cm³/mol. The summed E-state index contributed by atoms with van der Waals surface area (Å²) in [5, 5.41) is 11.6. The molecule has 2 rings (SSSR count). The van der Waals surface area contributed by atoms with Crippen molar-refractivity contribution < 1.29 is 14.3 Å². The molecule has 0 saturated carbocycles. The normalized spacial score (nSPS) is 20.3. The molecule has 1 atom stereocenters. The topological polar surface area (TPSA) is 71.1 Å². The third-order valence-electron chi connectivity index (χ3n) is 3.71. The summed E-state index contributed by atoms with van der Waals surface area (Å²) in [6.45, 7) is 1.64. The van der Waals surface area contributed by atoms with Gasteiger partial charge in [0.25, 0.3) is 0 Å². The first kappa shape index (κ1) is 14.6. The molecule has 0 spiro atoms. The van der Waals surface area contributed by atoms with Crippen LogP contribution in [0.4, 0.5) is 4.39 Å². The third-order valence-corrected chi connectivity index (χ3v) is 3.71. The monoisotopic (exact) mass is 281 g/mol. The molecule has 0 bridgehead atoms. The van der Waals surface area contributed by atoms with E-state index in [-0.39, 0.29) is 11.4 Å². The molecule has 6 heteroatoms. The summed E-state index contributed by atoms with van der Waals surface area (Å²) in [6, 6.07) is 4.53. The molecule has 0 radical (unpaired) electrons. The summed E-state index contributed by atoms with van der Waals surface area (Å²) >= 11 is 0. The van der Waals surface area contributed by atoms with Gasteiger partial charge in [-0.05, 0) is 51.1 Å². The second-order valence-corrected chi connectivity index (χ2v) is 5.04. The van der Waals surface area contributed by atoms with Gasteiger partial charge in [0, 0.05) is 6.04 Å². The molecule has 1 fully saturated rings. The van der Waals surface area contributed by atoms with Crippen LogP contribution in [0.25, 0.3) is 0 Å². The van der Waals surface area contributed by atoms with Gasteiger partial charge in [0.1, 0.15) is 11.6 Å². The molecule has 110 valence electrons. The van der Waals surface area contributed by atoms with E-state index < -0.39 is 5.82 Å². The Balaban J connectivity index is 1.98. The average molecular weight is 281 g/mol. The molecule has 3 N–H and O–H groups in total. The molecule has 1 aliphatic rings. The molecule has 0 amide bonds. The Morgan fingerprint density at radius 2 is 2.40 bits per heavy atom. The molecule has 1 aromatic rings. The molecule has 1 heterocycles. The molecule has 1 aliphatic heterocycles. The van der Waals surface area contributed by atoms with Crippen molar-refractivity contribution >= 4 is 5.84 Å². The molecule has 0 aliphatic carbocycles. The highest BCUT2D eigenvalue weighted by Gasteiger charge is 2.20. The first-order valence-electron chi connectivity index (χ1n) is 6.72. The van der Waals surface area contributed by atoms with Gasteiger partial charge in [0.2, 0.25) is 0 Å². The molecule has 0 aromatic heterocycles. The van der Waals surface area contributed by atoms with Crippen LogP contribution in [0.2, 0.25) is 0 Å². The minimum absolute atomic E-state index is 0.155. The van der Waals surface area contributed by atoms with E-state index in [0.717, 1.165) is 13.0 Å². The third kappa shape index (κ3) is 3.39. The maximum absolute atomic E-state index is 13.2. The summed E-state index contributed by atoms with van der Waals surface area (Å²) < 4.78 is 18.9. The summed E-state index contributed by atoms with van der Waals surface area (Å²) in [4.78, 5) is 2.32. The van der Waals surface area contributed by atoms with Crippen LogP contribution in [-0.2, 0) is 0 Å². The van der Waals surface area contributed by atoms with E-state index in [1.54, 1.807) is 0 Å². The molecule has 1 unspecified atom stereocenters. The van der Waals surface area contributed by atoms with E-state index in [0.29, 0.717) is 18.4 Å². The van der Waals surface area contributed by atoms with Crippen molar-refractivity contribution in [3.05, 3.63) is 29.6 Å². The molecule has 20 heavy (non-hydrogen) atoms. The summed E-state index contributed by atoms with van der Waals surface area (Å²) in [5.74, 6) is -0.172. The number of ether oxygens (including phenoxy) is 1. The average Bonchev–Trinajstić information content (AvgIpc) is 2.85. The first-order chi connectivity index (χ1) is 9.61. The molecule has 5 nitrogen and oxygen atoms in total. The van der Waals surface area contributed by atoms with Gasteiger partial charge in [-0.1, -0.05) is 5.16 Å². The van der Waals surface area contributed by atoms with Gasteiger partial charge in [0.15, 0.2) is 5.84 Å². The lowest BCUT2D eigenvalue weighted by molar-refractivity contribution is 0.233. The van der Waals surface area contributed by atoms with Gasteiger partial charge in [-0.2, -0.15) is 0 Å². The number of rotatable bonds is 5. The highest BCUT2D eigenvalue weighted by atomic mass is 19.1. The van der Waals surface area contributed by atoms with Crippen molar-refractivity contribution in [2.45, 2.75) is 25.3 Å². The van der Waals surface area contributed by atoms with Crippen LogP contribution >= 0.6 is 0 Å². The first-order valence-corrected chi connectivity index (χ1v) is 6.72. The molecular formula is C14H20FN3O2. The maximum Gasteiger partial charge on any atom is 0.173 e. The van der Waals surface area contributed by atoms with Crippen molar-refractivity contribution in [1.82, 2.24) is 4.90 Å². The van der Waals surface area contributed by atoms with Gasteiger partial charge in [0.05, 0.1) is 12.2 Å². The quantitative estimate of drug-likeness (QED) is 0.373. The van der Waals surface area contributed by atoms with Gasteiger partial charge >= 0.3 is 0 Å². The fourth-order valence-electron chi connectivity index (χ4n) is 2.53. The Morgan fingerprint density at radius 1 is 1.60 bits per heavy atom. The van der Waals surface area contributed by atoms with Crippen molar-refractivity contribution in [2.75, 3.05) is 20.2 Å². The lowest BCUT2D eigenvalue weighted by Gasteiger charge is -2.19. The lowest BCUT2D eigenvalue weighted by atomic mass is 10.1. The minimum atomic E-state index is -0.450. The Bertz CT molecular complexity index is 493. The van der Waals surface area contributed by atoms with E-state index in [1.165, 1.54) is 31.0 Å². The van der Waals surface area contributed by atoms with Gasteiger partial charge < -0.3 is 20.6 Å². The molecule has 1 saturated heterocycles. The maximum atomic E-state index is 13.2. The summed E-state index contributed by atoms with van der Waals surface area (Å²) in [7, 11) is 2.11. The van der Waals surface area contributed by atoms with Crippen molar-refractivity contribution in [2.24, 2.45) is 10.9 Å². The highest BCUT2D eigenvalue weighted by Crippen LogP contribution is 2.22. The zero-order chi connectivity index (χ0) is 14.5. The van der Waals surface area contributed by atoms with Crippen LogP contribution in [0.5, 0.6) is 5.75 Å². The van der Waals surface area contributed by atoms with Gasteiger partial charge in [-0.25, -0.2) is 4.39 Å². The van der Waals surface area contributed by atoms with E-state index in [9.17, 15) is 4.39 Å². The Kier molecular flexibility index (Phi) is 4.79.